The van der Waals surface area contributed by atoms with Crippen molar-refractivity contribution >= 4 is 23.6 Å². The molecule has 2 amide bonds. The minimum Gasteiger partial charge on any atom is -0.465 e. The van der Waals surface area contributed by atoms with Crippen LogP contribution in [0.3, 0.4) is 0 Å². The SMILES string of the molecule is CC(C)(C)OC(=O)N(Cc1ccc(Oc2ccc(N(C(=O)O)C(C)(C)C)c(N)c2)cc1)C1Cc2ccccc2C1. The van der Waals surface area contributed by atoms with Crippen molar-refractivity contribution in [2.45, 2.75) is 78.1 Å². The van der Waals surface area contributed by atoms with Crippen molar-refractivity contribution < 1.29 is 24.2 Å². The average Bonchev–Trinajstić information content (AvgIpc) is 3.27. The van der Waals surface area contributed by atoms with Gasteiger partial charge < -0.3 is 25.2 Å². The first-order valence-electron chi connectivity index (χ1n) is 13.5. The summed E-state index contributed by atoms with van der Waals surface area (Å²) in [4.78, 5) is 28.1. The Morgan fingerprint density at radius 3 is 1.98 bits per heavy atom. The molecule has 3 aromatic carbocycles. The van der Waals surface area contributed by atoms with Gasteiger partial charge in [-0.3, -0.25) is 4.90 Å². The van der Waals surface area contributed by atoms with Crippen molar-refractivity contribution in [3.63, 3.8) is 0 Å². The highest BCUT2D eigenvalue weighted by Crippen LogP contribution is 2.34. The van der Waals surface area contributed by atoms with E-state index in [0.717, 1.165) is 18.4 Å². The maximum atomic E-state index is 13.2. The van der Waals surface area contributed by atoms with E-state index in [2.05, 4.69) is 12.1 Å². The first kappa shape index (κ1) is 28.8. The Morgan fingerprint density at radius 1 is 0.900 bits per heavy atom. The Balaban J connectivity index is 1.48. The number of nitrogens with two attached hydrogens (primary N) is 1. The topological polar surface area (TPSA) is 105 Å². The standard InChI is InChI=1S/C32H39N3O5/c1-31(2,3)35(29(36)37)28-16-15-26(19-27(28)33)39-25-13-11-21(12-14-25)20-34(30(38)40-32(4,5)6)24-17-22-9-7-8-10-23(22)18-24/h7-16,19,24H,17-18,20,33H2,1-6H3,(H,36,37). The second-order valence-electron chi connectivity index (χ2n) is 12.2. The van der Waals surface area contributed by atoms with E-state index < -0.39 is 17.2 Å². The van der Waals surface area contributed by atoms with E-state index in [1.165, 1.54) is 16.0 Å². The number of ether oxygens (including phenoxy) is 2. The van der Waals surface area contributed by atoms with Gasteiger partial charge in [0.05, 0.1) is 11.4 Å². The van der Waals surface area contributed by atoms with E-state index in [1.807, 2.05) is 82.8 Å². The van der Waals surface area contributed by atoms with Gasteiger partial charge in [0, 0.05) is 24.2 Å². The van der Waals surface area contributed by atoms with Crippen LogP contribution >= 0.6 is 0 Å². The maximum absolute atomic E-state index is 13.2. The summed E-state index contributed by atoms with van der Waals surface area (Å²) in [7, 11) is 0. The number of benzene rings is 3. The minimum atomic E-state index is -1.08. The monoisotopic (exact) mass is 545 g/mol. The number of hydrogen-bond acceptors (Lipinski definition) is 5. The van der Waals surface area contributed by atoms with E-state index in [0.29, 0.717) is 29.4 Å². The molecule has 1 aliphatic rings. The lowest BCUT2D eigenvalue weighted by Crippen LogP contribution is -2.45. The predicted molar refractivity (Wildman–Crippen MR) is 157 cm³/mol. The summed E-state index contributed by atoms with van der Waals surface area (Å²) in [5.41, 5.74) is 9.16. The Labute approximate surface area is 236 Å². The molecule has 212 valence electrons. The van der Waals surface area contributed by atoms with Gasteiger partial charge >= 0.3 is 12.2 Å². The van der Waals surface area contributed by atoms with E-state index in [9.17, 15) is 14.7 Å². The van der Waals surface area contributed by atoms with Gasteiger partial charge in [-0.2, -0.15) is 0 Å². The molecular weight excluding hydrogens is 506 g/mol. The summed E-state index contributed by atoms with van der Waals surface area (Å²) < 4.78 is 11.8. The number of anilines is 2. The molecule has 0 radical (unpaired) electrons. The molecule has 0 atom stereocenters. The molecule has 1 aliphatic carbocycles. The fourth-order valence-electron chi connectivity index (χ4n) is 4.97. The van der Waals surface area contributed by atoms with Crippen LogP contribution in [0.5, 0.6) is 11.5 Å². The number of carbonyl (C=O) groups is 2. The normalized spacial score (nSPS) is 13.4. The number of nitrogen functional groups attached to an aromatic ring is 1. The van der Waals surface area contributed by atoms with E-state index in [-0.39, 0.29) is 12.1 Å². The van der Waals surface area contributed by atoms with Crippen LogP contribution in [0.15, 0.2) is 66.7 Å². The molecule has 0 saturated heterocycles. The van der Waals surface area contributed by atoms with Crippen molar-refractivity contribution in [2.75, 3.05) is 10.6 Å². The number of rotatable bonds is 6. The molecule has 0 fully saturated rings. The third-order valence-corrected chi connectivity index (χ3v) is 6.71. The summed E-state index contributed by atoms with van der Waals surface area (Å²) in [5.74, 6) is 1.09. The fourth-order valence-corrected chi connectivity index (χ4v) is 4.97. The number of hydrogen-bond donors (Lipinski definition) is 2. The zero-order chi connectivity index (χ0) is 29.2. The highest BCUT2D eigenvalue weighted by molar-refractivity contribution is 5.92. The zero-order valence-electron chi connectivity index (χ0n) is 24.1. The van der Waals surface area contributed by atoms with Crippen LogP contribution in [0.4, 0.5) is 21.0 Å². The summed E-state index contributed by atoms with van der Waals surface area (Å²) in [6.07, 6.45) is 0.183. The summed E-state index contributed by atoms with van der Waals surface area (Å²) >= 11 is 0. The van der Waals surface area contributed by atoms with Gasteiger partial charge in [-0.05, 0) is 95.3 Å². The first-order valence-corrected chi connectivity index (χ1v) is 13.5. The second kappa shape index (κ2) is 11.1. The molecule has 0 bridgehead atoms. The minimum absolute atomic E-state index is 0.0168. The summed E-state index contributed by atoms with van der Waals surface area (Å²) in [6.45, 7) is 11.5. The van der Waals surface area contributed by atoms with E-state index in [4.69, 9.17) is 15.2 Å². The third kappa shape index (κ3) is 6.86. The van der Waals surface area contributed by atoms with Gasteiger partial charge in [-0.15, -0.1) is 0 Å². The number of amides is 2. The van der Waals surface area contributed by atoms with Gasteiger partial charge in [-0.1, -0.05) is 36.4 Å². The van der Waals surface area contributed by atoms with Gasteiger partial charge in [0.25, 0.3) is 0 Å². The second-order valence-corrected chi connectivity index (χ2v) is 12.2. The van der Waals surface area contributed by atoms with Crippen molar-refractivity contribution in [1.82, 2.24) is 4.90 Å². The van der Waals surface area contributed by atoms with Gasteiger partial charge in [0.1, 0.15) is 17.1 Å². The molecule has 0 spiro atoms. The number of carbonyl (C=O) groups excluding carboxylic acids is 1. The zero-order valence-corrected chi connectivity index (χ0v) is 24.1. The first-order chi connectivity index (χ1) is 18.7. The Kier molecular flexibility index (Phi) is 8.00. The molecule has 0 unspecified atom stereocenters. The van der Waals surface area contributed by atoms with Crippen molar-refractivity contribution in [3.8, 4) is 11.5 Å². The van der Waals surface area contributed by atoms with Crippen molar-refractivity contribution in [2.24, 2.45) is 0 Å². The molecule has 3 aromatic rings. The van der Waals surface area contributed by atoms with Crippen molar-refractivity contribution in [3.05, 3.63) is 83.4 Å². The largest absolute Gasteiger partial charge is 0.465 e. The number of nitrogens with zero attached hydrogens (tertiary/aromatic N) is 2. The molecule has 0 heterocycles. The number of carboxylic acid groups (broad SMARTS) is 1. The highest BCUT2D eigenvalue weighted by Gasteiger charge is 2.33. The summed E-state index contributed by atoms with van der Waals surface area (Å²) in [6, 6.07) is 20.8. The van der Waals surface area contributed by atoms with Crippen LogP contribution in [0.2, 0.25) is 0 Å². The molecule has 8 nitrogen and oxygen atoms in total. The maximum Gasteiger partial charge on any atom is 0.412 e. The lowest BCUT2D eigenvalue weighted by molar-refractivity contribution is 0.0148. The summed E-state index contributed by atoms with van der Waals surface area (Å²) in [5, 5.41) is 9.69. The molecular formula is C32H39N3O5. The molecule has 4 rings (SSSR count). The predicted octanol–water partition coefficient (Wildman–Crippen LogP) is 7.25. The number of fused-ring (bicyclic) bond motifs is 1. The Hall–Kier alpha value is -4.20. The average molecular weight is 546 g/mol. The smallest absolute Gasteiger partial charge is 0.412 e. The fraction of sp³-hybridized carbons (Fsp3) is 0.375. The van der Waals surface area contributed by atoms with Gasteiger partial charge in [0.15, 0.2) is 0 Å². The molecule has 0 aromatic heterocycles. The van der Waals surface area contributed by atoms with E-state index >= 15 is 0 Å². The molecule has 0 saturated carbocycles. The van der Waals surface area contributed by atoms with Crippen LogP contribution in [-0.2, 0) is 24.1 Å². The molecule has 40 heavy (non-hydrogen) atoms. The molecule has 0 aliphatic heterocycles. The van der Waals surface area contributed by atoms with Crippen LogP contribution in [0, 0.1) is 0 Å². The van der Waals surface area contributed by atoms with E-state index in [1.54, 1.807) is 18.2 Å². The quantitative estimate of drug-likeness (QED) is 0.316. The van der Waals surface area contributed by atoms with Crippen LogP contribution in [-0.4, -0.2) is 39.4 Å². The molecule has 3 N–H and O–H groups in total. The van der Waals surface area contributed by atoms with Crippen molar-refractivity contribution in [1.29, 1.82) is 0 Å². The van der Waals surface area contributed by atoms with Crippen LogP contribution < -0.4 is 15.4 Å². The lowest BCUT2D eigenvalue weighted by Gasteiger charge is -2.34. The highest BCUT2D eigenvalue weighted by atomic mass is 16.6. The Bertz CT molecular complexity index is 1350. The van der Waals surface area contributed by atoms with Crippen LogP contribution in [0.1, 0.15) is 58.2 Å². The lowest BCUT2D eigenvalue weighted by atomic mass is 10.0. The Morgan fingerprint density at radius 2 is 1.48 bits per heavy atom. The van der Waals surface area contributed by atoms with Gasteiger partial charge in [0.2, 0.25) is 0 Å². The van der Waals surface area contributed by atoms with Gasteiger partial charge in [-0.25, -0.2) is 9.59 Å². The molecule has 8 heteroatoms. The third-order valence-electron chi connectivity index (χ3n) is 6.71. The van der Waals surface area contributed by atoms with Crippen LogP contribution in [0.25, 0.3) is 0 Å².